The van der Waals surface area contributed by atoms with Crippen molar-refractivity contribution >= 4 is 21.6 Å². The van der Waals surface area contributed by atoms with Crippen LogP contribution in [0.3, 0.4) is 0 Å². The van der Waals surface area contributed by atoms with Crippen molar-refractivity contribution in [3.05, 3.63) is 59.7 Å². The van der Waals surface area contributed by atoms with E-state index in [1.165, 1.54) is 11.4 Å². The first kappa shape index (κ1) is 19.0. The lowest BCUT2D eigenvalue weighted by molar-refractivity contribution is 0.0949. The molecule has 5 nitrogen and oxygen atoms in total. The Bertz CT molecular complexity index is 843. The van der Waals surface area contributed by atoms with Crippen LogP contribution in [0, 0.1) is 12.8 Å². The first-order valence-corrected chi connectivity index (χ1v) is 9.59. The summed E-state index contributed by atoms with van der Waals surface area (Å²) in [4.78, 5) is 12.4. The lowest BCUT2D eigenvalue weighted by Gasteiger charge is -2.20. The van der Waals surface area contributed by atoms with Gasteiger partial charge in [-0.15, -0.1) is 0 Å². The highest BCUT2D eigenvalue weighted by Gasteiger charge is 2.21. The SMILES string of the molecule is Cc1ccc(S(=O)(=O)N(C)c2cccc(C(=O)NCC(C)C)c2)cc1. The van der Waals surface area contributed by atoms with Gasteiger partial charge in [0, 0.05) is 19.2 Å². The fraction of sp³-hybridized carbons (Fsp3) is 0.316. The monoisotopic (exact) mass is 360 g/mol. The molecule has 0 saturated carbocycles. The number of hydrogen-bond donors (Lipinski definition) is 1. The molecule has 0 bridgehead atoms. The third kappa shape index (κ3) is 4.60. The second kappa shape index (κ2) is 7.70. The zero-order valence-electron chi connectivity index (χ0n) is 15.0. The molecule has 1 amide bonds. The van der Waals surface area contributed by atoms with Gasteiger partial charge in [-0.05, 0) is 43.2 Å². The van der Waals surface area contributed by atoms with Crippen LogP contribution < -0.4 is 9.62 Å². The molecule has 25 heavy (non-hydrogen) atoms. The Morgan fingerprint density at radius 3 is 2.36 bits per heavy atom. The molecule has 6 heteroatoms. The van der Waals surface area contributed by atoms with Crippen LogP contribution in [0.5, 0.6) is 0 Å². The maximum atomic E-state index is 12.8. The van der Waals surface area contributed by atoms with E-state index < -0.39 is 10.0 Å². The van der Waals surface area contributed by atoms with Gasteiger partial charge in [0.25, 0.3) is 15.9 Å². The average Bonchev–Trinajstić information content (AvgIpc) is 2.59. The molecule has 0 aliphatic rings. The molecule has 0 aliphatic heterocycles. The molecule has 0 fully saturated rings. The minimum atomic E-state index is -3.68. The zero-order chi connectivity index (χ0) is 18.6. The van der Waals surface area contributed by atoms with E-state index in [-0.39, 0.29) is 10.8 Å². The smallest absolute Gasteiger partial charge is 0.264 e. The average molecular weight is 360 g/mol. The Balaban J connectivity index is 2.27. The number of carbonyl (C=O) groups is 1. The maximum Gasteiger partial charge on any atom is 0.264 e. The first-order valence-electron chi connectivity index (χ1n) is 8.15. The molecule has 2 rings (SSSR count). The van der Waals surface area contributed by atoms with Crippen LogP contribution in [0.2, 0.25) is 0 Å². The second-order valence-corrected chi connectivity index (χ2v) is 8.41. The Hall–Kier alpha value is -2.34. The molecule has 2 aromatic carbocycles. The number of carbonyl (C=O) groups excluding carboxylic acids is 1. The zero-order valence-corrected chi connectivity index (χ0v) is 15.8. The number of anilines is 1. The second-order valence-electron chi connectivity index (χ2n) is 6.44. The first-order chi connectivity index (χ1) is 11.7. The Kier molecular flexibility index (Phi) is 5.85. The van der Waals surface area contributed by atoms with E-state index in [2.05, 4.69) is 5.32 Å². The lowest BCUT2D eigenvalue weighted by atomic mass is 10.1. The van der Waals surface area contributed by atoms with Gasteiger partial charge >= 0.3 is 0 Å². The molecule has 0 unspecified atom stereocenters. The van der Waals surface area contributed by atoms with Gasteiger partial charge < -0.3 is 5.32 Å². The Morgan fingerprint density at radius 2 is 1.76 bits per heavy atom. The Morgan fingerprint density at radius 1 is 1.12 bits per heavy atom. The van der Waals surface area contributed by atoms with Crippen molar-refractivity contribution in [2.24, 2.45) is 5.92 Å². The fourth-order valence-corrected chi connectivity index (χ4v) is 3.44. The van der Waals surface area contributed by atoms with Crippen LogP contribution in [-0.2, 0) is 10.0 Å². The summed E-state index contributed by atoms with van der Waals surface area (Å²) in [6.07, 6.45) is 0. The van der Waals surface area contributed by atoms with E-state index in [4.69, 9.17) is 0 Å². The number of hydrogen-bond acceptors (Lipinski definition) is 3. The van der Waals surface area contributed by atoms with E-state index >= 15 is 0 Å². The van der Waals surface area contributed by atoms with Crippen LogP contribution in [0.4, 0.5) is 5.69 Å². The summed E-state index contributed by atoms with van der Waals surface area (Å²) < 4.78 is 26.7. The molecule has 0 aromatic heterocycles. The van der Waals surface area contributed by atoms with Crippen molar-refractivity contribution in [3.63, 3.8) is 0 Å². The molecule has 134 valence electrons. The predicted octanol–water partition coefficient (Wildman–Crippen LogP) is 3.21. The van der Waals surface area contributed by atoms with E-state index in [0.29, 0.717) is 23.7 Å². The van der Waals surface area contributed by atoms with Crippen molar-refractivity contribution in [3.8, 4) is 0 Å². The molecule has 0 radical (unpaired) electrons. The number of sulfonamides is 1. The number of aryl methyl sites for hydroxylation is 1. The quantitative estimate of drug-likeness (QED) is 0.860. The van der Waals surface area contributed by atoms with Crippen LogP contribution in [0.15, 0.2) is 53.4 Å². The molecular formula is C19H24N2O3S. The lowest BCUT2D eigenvalue weighted by Crippen LogP contribution is -2.29. The molecule has 0 aliphatic carbocycles. The van der Waals surface area contributed by atoms with Crippen molar-refractivity contribution in [2.75, 3.05) is 17.9 Å². The summed E-state index contributed by atoms with van der Waals surface area (Å²) in [5.41, 5.74) is 1.87. The van der Waals surface area contributed by atoms with Crippen LogP contribution >= 0.6 is 0 Å². The van der Waals surface area contributed by atoms with Crippen molar-refractivity contribution in [2.45, 2.75) is 25.7 Å². The summed E-state index contributed by atoms with van der Waals surface area (Å²) in [6, 6.07) is 13.3. The molecule has 0 atom stereocenters. The molecule has 1 N–H and O–H groups in total. The van der Waals surface area contributed by atoms with Gasteiger partial charge in [-0.3, -0.25) is 9.10 Å². The van der Waals surface area contributed by atoms with Crippen molar-refractivity contribution in [1.82, 2.24) is 5.32 Å². The van der Waals surface area contributed by atoms with Gasteiger partial charge in [0.1, 0.15) is 0 Å². The summed E-state index contributed by atoms with van der Waals surface area (Å²) in [5, 5.41) is 2.83. The van der Waals surface area contributed by atoms with Gasteiger partial charge in [0.05, 0.1) is 10.6 Å². The number of rotatable bonds is 6. The normalized spacial score (nSPS) is 11.4. The van der Waals surface area contributed by atoms with E-state index in [9.17, 15) is 13.2 Å². The summed E-state index contributed by atoms with van der Waals surface area (Å²) >= 11 is 0. The van der Waals surface area contributed by atoms with Crippen molar-refractivity contribution in [1.29, 1.82) is 0 Å². The topological polar surface area (TPSA) is 66.5 Å². The standard InChI is InChI=1S/C19H24N2O3S/c1-14(2)13-20-19(22)16-6-5-7-17(12-16)21(4)25(23,24)18-10-8-15(3)9-11-18/h5-12,14H,13H2,1-4H3,(H,20,22). The third-order valence-electron chi connectivity index (χ3n) is 3.82. The van der Waals surface area contributed by atoms with Gasteiger partial charge in [-0.25, -0.2) is 8.42 Å². The number of nitrogens with zero attached hydrogens (tertiary/aromatic N) is 1. The van der Waals surface area contributed by atoms with Crippen molar-refractivity contribution < 1.29 is 13.2 Å². The van der Waals surface area contributed by atoms with Gasteiger partial charge in [-0.2, -0.15) is 0 Å². The highest BCUT2D eigenvalue weighted by Crippen LogP contribution is 2.23. The summed E-state index contributed by atoms with van der Waals surface area (Å²) in [5.74, 6) is 0.133. The Labute approximate surface area is 149 Å². The third-order valence-corrected chi connectivity index (χ3v) is 5.62. The summed E-state index contributed by atoms with van der Waals surface area (Å²) in [7, 11) is -2.19. The number of benzene rings is 2. The number of nitrogens with one attached hydrogen (secondary N) is 1. The molecule has 0 saturated heterocycles. The van der Waals surface area contributed by atoms with E-state index in [1.807, 2.05) is 20.8 Å². The van der Waals surface area contributed by atoms with Gasteiger partial charge in [0.2, 0.25) is 0 Å². The van der Waals surface area contributed by atoms with E-state index in [0.717, 1.165) is 5.56 Å². The molecular weight excluding hydrogens is 336 g/mol. The molecule has 0 heterocycles. The van der Waals surface area contributed by atoms with Crippen LogP contribution in [0.25, 0.3) is 0 Å². The fourth-order valence-electron chi connectivity index (χ4n) is 2.25. The van der Waals surface area contributed by atoms with Crippen LogP contribution in [0.1, 0.15) is 29.8 Å². The van der Waals surface area contributed by atoms with E-state index in [1.54, 1.807) is 48.5 Å². The summed E-state index contributed by atoms with van der Waals surface area (Å²) in [6.45, 7) is 6.50. The number of amides is 1. The van der Waals surface area contributed by atoms with Gasteiger partial charge in [-0.1, -0.05) is 37.6 Å². The predicted molar refractivity (Wildman–Crippen MR) is 100 cm³/mol. The highest BCUT2D eigenvalue weighted by atomic mass is 32.2. The highest BCUT2D eigenvalue weighted by molar-refractivity contribution is 7.92. The molecule has 0 spiro atoms. The minimum Gasteiger partial charge on any atom is -0.352 e. The largest absolute Gasteiger partial charge is 0.352 e. The van der Waals surface area contributed by atoms with Gasteiger partial charge in [0.15, 0.2) is 0 Å². The molecule has 2 aromatic rings. The maximum absolute atomic E-state index is 12.8. The van der Waals surface area contributed by atoms with Crippen LogP contribution in [-0.4, -0.2) is 27.9 Å². The minimum absolute atomic E-state index is 0.211.